The van der Waals surface area contributed by atoms with Gasteiger partial charge in [0.15, 0.2) is 0 Å². The third kappa shape index (κ3) is 4.55. The molecule has 0 unspecified atom stereocenters. The Hall–Kier alpha value is -3.55. The first-order chi connectivity index (χ1) is 13.1. The molecule has 0 saturated carbocycles. The first-order valence-electron chi connectivity index (χ1n) is 8.24. The van der Waals surface area contributed by atoms with E-state index in [1.54, 1.807) is 50.6 Å². The highest BCUT2D eigenvalue weighted by Crippen LogP contribution is 2.29. The second-order valence-electron chi connectivity index (χ2n) is 5.67. The van der Waals surface area contributed by atoms with Crippen LogP contribution in [0.4, 0.5) is 11.6 Å². The molecule has 2 N–H and O–H groups in total. The average molecular weight is 368 g/mol. The Kier molecular flexibility index (Phi) is 5.55. The minimum absolute atomic E-state index is 0.238. The lowest BCUT2D eigenvalue weighted by atomic mass is 10.2. The van der Waals surface area contributed by atoms with Gasteiger partial charge >= 0.3 is 0 Å². The van der Waals surface area contributed by atoms with Gasteiger partial charge in [-0.15, -0.1) is 0 Å². The van der Waals surface area contributed by atoms with E-state index in [1.165, 1.54) is 7.11 Å². The van der Waals surface area contributed by atoms with Crippen molar-refractivity contribution >= 4 is 17.5 Å². The standard InChI is InChI=1S/C19H20N4O4/c1-12-9-16(23-19(21-12)20-11-14-5-4-8-27-14)18(24)22-15-7-6-13(25-2)10-17(15)26-3/h4-10H,11H2,1-3H3,(H,22,24)(H,20,21,23). The molecule has 3 rings (SSSR count). The topological polar surface area (TPSA) is 98.5 Å². The summed E-state index contributed by atoms with van der Waals surface area (Å²) in [7, 11) is 3.09. The molecule has 2 heterocycles. The lowest BCUT2D eigenvalue weighted by Gasteiger charge is -2.12. The smallest absolute Gasteiger partial charge is 0.274 e. The Labute approximate surface area is 156 Å². The van der Waals surface area contributed by atoms with Crippen LogP contribution in [0.1, 0.15) is 21.9 Å². The number of ether oxygens (including phenoxy) is 2. The van der Waals surface area contributed by atoms with Gasteiger partial charge in [-0.3, -0.25) is 4.79 Å². The normalized spacial score (nSPS) is 10.3. The first kappa shape index (κ1) is 18.2. The number of aryl methyl sites for hydroxylation is 1. The number of methoxy groups -OCH3 is 2. The van der Waals surface area contributed by atoms with Gasteiger partial charge in [-0.1, -0.05) is 0 Å². The van der Waals surface area contributed by atoms with Gasteiger partial charge in [-0.25, -0.2) is 9.97 Å². The molecule has 2 aromatic heterocycles. The van der Waals surface area contributed by atoms with Gasteiger partial charge < -0.3 is 24.5 Å². The Bertz CT molecular complexity index is 925. The van der Waals surface area contributed by atoms with Crippen LogP contribution in [0.15, 0.2) is 47.1 Å². The van der Waals surface area contributed by atoms with Gasteiger partial charge in [-0.2, -0.15) is 0 Å². The first-order valence-corrected chi connectivity index (χ1v) is 8.24. The van der Waals surface area contributed by atoms with Crippen molar-refractivity contribution in [1.82, 2.24) is 9.97 Å². The van der Waals surface area contributed by atoms with E-state index in [4.69, 9.17) is 13.9 Å². The van der Waals surface area contributed by atoms with Gasteiger partial charge in [0.05, 0.1) is 32.7 Å². The van der Waals surface area contributed by atoms with Crippen LogP contribution in [0, 0.1) is 6.92 Å². The van der Waals surface area contributed by atoms with Gasteiger partial charge in [0.2, 0.25) is 5.95 Å². The van der Waals surface area contributed by atoms with E-state index in [0.717, 1.165) is 5.76 Å². The summed E-state index contributed by atoms with van der Waals surface area (Å²) in [4.78, 5) is 21.2. The highest BCUT2D eigenvalue weighted by atomic mass is 16.5. The van der Waals surface area contributed by atoms with Crippen molar-refractivity contribution in [3.05, 3.63) is 59.8 Å². The fourth-order valence-corrected chi connectivity index (χ4v) is 2.43. The fourth-order valence-electron chi connectivity index (χ4n) is 2.43. The van der Waals surface area contributed by atoms with E-state index in [1.807, 2.05) is 6.07 Å². The number of amides is 1. The van der Waals surface area contributed by atoms with Crippen molar-refractivity contribution in [3.8, 4) is 11.5 Å². The molecule has 0 bridgehead atoms. The quantitative estimate of drug-likeness (QED) is 0.660. The highest BCUT2D eigenvalue weighted by Gasteiger charge is 2.14. The number of hydrogen-bond acceptors (Lipinski definition) is 7. The van der Waals surface area contributed by atoms with Crippen LogP contribution in [0.5, 0.6) is 11.5 Å². The van der Waals surface area contributed by atoms with Gasteiger partial charge in [-0.05, 0) is 37.3 Å². The summed E-state index contributed by atoms with van der Waals surface area (Å²) in [5.41, 5.74) is 1.42. The molecule has 27 heavy (non-hydrogen) atoms. The molecule has 0 saturated heterocycles. The Balaban J connectivity index is 1.76. The van der Waals surface area contributed by atoms with Crippen LogP contribution >= 0.6 is 0 Å². The van der Waals surface area contributed by atoms with Crippen molar-refractivity contribution in [1.29, 1.82) is 0 Å². The largest absolute Gasteiger partial charge is 0.497 e. The van der Waals surface area contributed by atoms with E-state index in [-0.39, 0.29) is 11.6 Å². The maximum atomic E-state index is 12.6. The maximum Gasteiger partial charge on any atom is 0.274 e. The van der Waals surface area contributed by atoms with Crippen molar-refractivity contribution < 1.29 is 18.7 Å². The van der Waals surface area contributed by atoms with Crippen molar-refractivity contribution in [2.24, 2.45) is 0 Å². The number of nitrogens with one attached hydrogen (secondary N) is 2. The Morgan fingerprint density at radius 3 is 2.70 bits per heavy atom. The van der Waals surface area contributed by atoms with Gasteiger partial charge in [0.1, 0.15) is 23.0 Å². The summed E-state index contributed by atoms with van der Waals surface area (Å²) in [5, 5.41) is 5.84. The molecular formula is C19H20N4O4. The second kappa shape index (κ2) is 8.22. The second-order valence-corrected chi connectivity index (χ2v) is 5.67. The zero-order valence-corrected chi connectivity index (χ0v) is 15.3. The number of aromatic nitrogens is 2. The molecule has 8 heteroatoms. The lowest BCUT2D eigenvalue weighted by Crippen LogP contribution is -2.16. The van der Waals surface area contributed by atoms with Crippen LogP contribution in [-0.2, 0) is 6.54 Å². The molecule has 0 aliphatic heterocycles. The SMILES string of the molecule is COc1ccc(NC(=O)c2cc(C)nc(NCc3ccco3)n2)c(OC)c1. The summed E-state index contributed by atoms with van der Waals surface area (Å²) >= 11 is 0. The Morgan fingerprint density at radius 1 is 1.15 bits per heavy atom. The van der Waals surface area contributed by atoms with Crippen LogP contribution in [0.2, 0.25) is 0 Å². The van der Waals surface area contributed by atoms with E-state index < -0.39 is 0 Å². The molecule has 3 aromatic rings. The molecule has 1 amide bonds. The molecule has 0 fully saturated rings. The summed E-state index contributed by atoms with van der Waals surface area (Å²) in [5.74, 6) is 1.84. The zero-order valence-electron chi connectivity index (χ0n) is 15.3. The number of rotatable bonds is 7. The third-order valence-corrected chi connectivity index (χ3v) is 3.74. The third-order valence-electron chi connectivity index (χ3n) is 3.74. The van der Waals surface area contributed by atoms with Crippen LogP contribution in [-0.4, -0.2) is 30.1 Å². The molecule has 140 valence electrons. The number of nitrogens with zero attached hydrogens (tertiary/aromatic N) is 2. The summed E-state index contributed by atoms with van der Waals surface area (Å²) in [6.45, 7) is 2.22. The number of carbonyl (C=O) groups excluding carboxylic acids is 1. The van der Waals surface area contributed by atoms with Gasteiger partial charge in [0.25, 0.3) is 5.91 Å². The maximum absolute atomic E-state index is 12.6. The highest BCUT2D eigenvalue weighted by molar-refractivity contribution is 6.04. The molecule has 8 nitrogen and oxygen atoms in total. The zero-order chi connectivity index (χ0) is 19.2. The fraction of sp³-hybridized carbons (Fsp3) is 0.211. The van der Waals surface area contributed by atoms with Gasteiger partial charge in [0, 0.05) is 11.8 Å². The monoisotopic (exact) mass is 368 g/mol. The van der Waals surface area contributed by atoms with E-state index in [2.05, 4.69) is 20.6 Å². The number of carbonyl (C=O) groups is 1. The molecule has 1 aromatic carbocycles. The average Bonchev–Trinajstić information content (AvgIpc) is 3.20. The molecule has 0 atom stereocenters. The number of furan rings is 1. The number of hydrogen-bond donors (Lipinski definition) is 2. The van der Waals surface area contributed by atoms with E-state index in [9.17, 15) is 4.79 Å². The number of benzene rings is 1. The lowest BCUT2D eigenvalue weighted by molar-refractivity contribution is 0.102. The summed E-state index contributed by atoms with van der Waals surface area (Å²) in [6.07, 6.45) is 1.59. The summed E-state index contributed by atoms with van der Waals surface area (Å²) < 4.78 is 15.7. The van der Waals surface area contributed by atoms with Crippen LogP contribution in [0.3, 0.4) is 0 Å². The van der Waals surface area contributed by atoms with Crippen molar-refractivity contribution in [2.75, 3.05) is 24.9 Å². The molecule has 0 radical (unpaired) electrons. The van der Waals surface area contributed by atoms with Crippen molar-refractivity contribution in [3.63, 3.8) is 0 Å². The Morgan fingerprint density at radius 2 is 2.00 bits per heavy atom. The molecule has 0 aliphatic carbocycles. The predicted octanol–water partition coefficient (Wildman–Crippen LogP) is 3.26. The summed E-state index contributed by atoms with van der Waals surface area (Å²) in [6, 6.07) is 10.4. The van der Waals surface area contributed by atoms with Crippen molar-refractivity contribution in [2.45, 2.75) is 13.5 Å². The molecule has 0 spiro atoms. The number of anilines is 2. The molecular weight excluding hydrogens is 348 g/mol. The molecule has 0 aliphatic rings. The minimum atomic E-state index is -0.370. The van der Waals surface area contributed by atoms with Crippen LogP contribution in [0.25, 0.3) is 0 Å². The predicted molar refractivity (Wildman–Crippen MR) is 100 cm³/mol. The van der Waals surface area contributed by atoms with E-state index >= 15 is 0 Å². The van der Waals surface area contributed by atoms with Crippen LogP contribution < -0.4 is 20.1 Å². The van der Waals surface area contributed by atoms with E-state index in [0.29, 0.717) is 35.4 Å². The minimum Gasteiger partial charge on any atom is -0.497 e.